The molecule has 38 heavy (non-hydrogen) atoms. The molecule has 0 amide bonds. The third-order valence-corrected chi connectivity index (χ3v) is 7.76. The zero-order chi connectivity index (χ0) is 26.7. The fraction of sp³-hybridized carbons (Fsp3) is 0.133. The average molecular weight is 545 g/mol. The number of rotatable bonds is 11. The van der Waals surface area contributed by atoms with Crippen molar-refractivity contribution in [1.29, 1.82) is 0 Å². The third-order valence-electron chi connectivity index (χ3n) is 5.30. The standard InChI is InChI=1S/C30H28N2O4S2/c1-3-35-25-15-9-11-21(29(25)33)19-31-23-13-5-7-17-27(23)37-38-28-18-8-6-14-24(28)32-20-22-12-10-16-26(30(22)34)36-4-2/h5-20,33-34H,3-4H2,1-2H3. The summed E-state index contributed by atoms with van der Waals surface area (Å²) in [5.41, 5.74) is 2.73. The molecule has 6 nitrogen and oxygen atoms in total. The minimum absolute atomic E-state index is 0.0715. The van der Waals surface area contributed by atoms with E-state index in [1.165, 1.54) is 0 Å². The summed E-state index contributed by atoms with van der Waals surface area (Å²) in [4.78, 5) is 11.2. The lowest BCUT2D eigenvalue weighted by Gasteiger charge is -2.09. The fourth-order valence-electron chi connectivity index (χ4n) is 3.47. The first kappa shape index (κ1) is 27.2. The number of phenolic OH excluding ortho intramolecular Hbond substituents is 2. The topological polar surface area (TPSA) is 83.6 Å². The molecule has 194 valence electrons. The largest absolute Gasteiger partial charge is 0.504 e. The van der Waals surface area contributed by atoms with E-state index in [-0.39, 0.29) is 11.5 Å². The van der Waals surface area contributed by atoms with Gasteiger partial charge in [-0.3, -0.25) is 9.98 Å². The average Bonchev–Trinajstić information content (AvgIpc) is 2.94. The van der Waals surface area contributed by atoms with E-state index in [2.05, 4.69) is 9.98 Å². The first-order valence-corrected chi connectivity index (χ1v) is 14.3. The van der Waals surface area contributed by atoms with E-state index >= 15 is 0 Å². The summed E-state index contributed by atoms with van der Waals surface area (Å²) >= 11 is 0. The molecule has 0 saturated carbocycles. The number of hydrogen-bond acceptors (Lipinski definition) is 8. The molecule has 0 atom stereocenters. The summed E-state index contributed by atoms with van der Waals surface area (Å²) in [5.74, 6) is 1.01. The molecule has 0 unspecified atom stereocenters. The van der Waals surface area contributed by atoms with Gasteiger partial charge in [0.1, 0.15) is 0 Å². The highest BCUT2D eigenvalue weighted by atomic mass is 33.1. The normalized spacial score (nSPS) is 11.3. The molecule has 0 saturated heterocycles. The minimum Gasteiger partial charge on any atom is -0.504 e. The van der Waals surface area contributed by atoms with Crippen LogP contribution < -0.4 is 9.47 Å². The smallest absolute Gasteiger partial charge is 0.166 e. The predicted molar refractivity (Wildman–Crippen MR) is 158 cm³/mol. The molecule has 0 radical (unpaired) electrons. The lowest BCUT2D eigenvalue weighted by atomic mass is 10.2. The van der Waals surface area contributed by atoms with Crippen LogP contribution in [0.1, 0.15) is 25.0 Å². The van der Waals surface area contributed by atoms with Crippen molar-refractivity contribution in [3.63, 3.8) is 0 Å². The van der Waals surface area contributed by atoms with Gasteiger partial charge in [0, 0.05) is 33.3 Å². The Hall–Kier alpha value is -3.88. The van der Waals surface area contributed by atoms with E-state index in [0.29, 0.717) is 35.8 Å². The van der Waals surface area contributed by atoms with Crippen molar-refractivity contribution in [2.75, 3.05) is 13.2 Å². The molecule has 0 aromatic heterocycles. The monoisotopic (exact) mass is 544 g/mol. The second-order valence-corrected chi connectivity index (χ2v) is 10.1. The number of para-hydroxylation sites is 4. The van der Waals surface area contributed by atoms with Crippen LogP contribution in [0.15, 0.2) is 105 Å². The SMILES string of the molecule is CCOc1cccc(C=Nc2ccccc2SSc2ccccc2N=Cc2cccc(OCC)c2O)c1O. The van der Waals surface area contributed by atoms with Gasteiger partial charge in [-0.1, -0.05) is 58.0 Å². The Balaban J connectivity index is 1.51. The molecule has 0 fully saturated rings. The molecule has 0 aliphatic rings. The molecule has 0 aliphatic carbocycles. The summed E-state index contributed by atoms with van der Waals surface area (Å²) in [7, 11) is 3.14. The summed E-state index contributed by atoms with van der Waals surface area (Å²) in [6.45, 7) is 4.69. The van der Waals surface area contributed by atoms with E-state index in [0.717, 1.165) is 21.2 Å². The molecule has 4 aromatic rings. The molecule has 0 spiro atoms. The van der Waals surface area contributed by atoms with Crippen LogP contribution in [0.5, 0.6) is 23.0 Å². The van der Waals surface area contributed by atoms with Crippen molar-refractivity contribution < 1.29 is 19.7 Å². The number of phenols is 2. The van der Waals surface area contributed by atoms with Gasteiger partial charge in [0.15, 0.2) is 23.0 Å². The van der Waals surface area contributed by atoms with Crippen LogP contribution in [0.25, 0.3) is 0 Å². The summed E-state index contributed by atoms with van der Waals surface area (Å²) in [5, 5.41) is 21.0. The van der Waals surface area contributed by atoms with E-state index in [1.807, 2.05) is 74.5 Å². The van der Waals surface area contributed by atoms with Crippen molar-refractivity contribution >= 4 is 45.4 Å². The second-order valence-electron chi connectivity index (χ2n) is 7.87. The van der Waals surface area contributed by atoms with Gasteiger partial charge in [0.2, 0.25) is 0 Å². The maximum Gasteiger partial charge on any atom is 0.166 e. The molecular weight excluding hydrogens is 516 g/mol. The molecule has 4 rings (SSSR count). The van der Waals surface area contributed by atoms with E-state index in [4.69, 9.17) is 9.47 Å². The lowest BCUT2D eigenvalue weighted by Crippen LogP contribution is -1.93. The van der Waals surface area contributed by atoms with Crippen molar-refractivity contribution in [1.82, 2.24) is 0 Å². The Kier molecular flexibility index (Phi) is 9.72. The maximum absolute atomic E-state index is 10.5. The number of ether oxygens (including phenoxy) is 2. The Morgan fingerprint density at radius 3 is 1.45 bits per heavy atom. The Labute approximate surface area is 230 Å². The highest BCUT2D eigenvalue weighted by Gasteiger charge is 2.10. The molecule has 0 aliphatic heterocycles. The zero-order valence-electron chi connectivity index (χ0n) is 21.1. The van der Waals surface area contributed by atoms with Gasteiger partial charge in [-0.25, -0.2) is 0 Å². The number of nitrogens with zero attached hydrogens (tertiary/aromatic N) is 2. The number of hydrogen-bond donors (Lipinski definition) is 2. The maximum atomic E-state index is 10.5. The van der Waals surface area contributed by atoms with E-state index in [9.17, 15) is 10.2 Å². The van der Waals surface area contributed by atoms with Crippen LogP contribution in [-0.2, 0) is 0 Å². The highest BCUT2D eigenvalue weighted by molar-refractivity contribution is 8.76. The van der Waals surface area contributed by atoms with Crippen molar-refractivity contribution in [2.45, 2.75) is 23.6 Å². The van der Waals surface area contributed by atoms with Crippen molar-refractivity contribution in [2.24, 2.45) is 9.98 Å². The van der Waals surface area contributed by atoms with Crippen LogP contribution in [0, 0.1) is 0 Å². The van der Waals surface area contributed by atoms with Crippen LogP contribution >= 0.6 is 21.6 Å². The first-order chi connectivity index (χ1) is 18.6. The Morgan fingerprint density at radius 1 is 0.605 bits per heavy atom. The second kappa shape index (κ2) is 13.6. The van der Waals surface area contributed by atoms with Gasteiger partial charge in [0.25, 0.3) is 0 Å². The van der Waals surface area contributed by atoms with Gasteiger partial charge < -0.3 is 19.7 Å². The fourth-order valence-corrected chi connectivity index (χ4v) is 5.71. The van der Waals surface area contributed by atoms with Crippen LogP contribution in [0.2, 0.25) is 0 Å². The van der Waals surface area contributed by atoms with Crippen molar-refractivity contribution in [3.05, 3.63) is 96.1 Å². The number of aliphatic imine (C=N–C) groups is 2. The van der Waals surface area contributed by atoms with Gasteiger partial charge >= 0.3 is 0 Å². The lowest BCUT2D eigenvalue weighted by molar-refractivity contribution is 0.318. The Bertz CT molecular complexity index is 1330. The van der Waals surface area contributed by atoms with Gasteiger partial charge in [0.05, 0.1) is 24.6 Å². The Morgan fingerprint density at radius 2 is 1.03 bits per heavy atom. The summed E-state index contributed by atoms with van der Waals surface area (Å²) in [6.07, 6.45) is 3.28. The summed E-state index contributed by atoms with van der Waals surface area (Å²) < 4.78 is 10.9. The molecule has 2 N–H and O–H groups in total. The molecule has 4 aromatic carbocycles. The molecule has 8 heteroatoms. The number of benzene rings is 4. The van der Waals surface area contributed by atoms with Gasteiger partial charge in [-0.05, 0) is 62.4 Å². The van der Waals surface area contributed by atoms with Crippen LogP contribution in [0.3, 0.4) is 0 Å². The zero-order valence-corrected chi connectivity index (χ0v) is 22.7. The quantitative estimate of drug-likeness (QED) is 0.146. The summed E-state index contributed by atoms with van der Waals surface area (Å²) in [6, 6.07) is 26.4. The van der Waals surface area contributed by atoms with Crippen LogP contribution in [-0.4, -0.2) is 35.9 Å². The highest BCUT2D eigenvalue weighted by Crippen LogP contribution is 2.45. The third kappa shape index (κ3) is 6.90. The van der Waals surface area contributed by atoms with Crippen LogP contribution in [0.4, 0.5) is 11.4 Å². The van der Waals surface area contributed by atoms with E-state index in [1.54, 1.807) is 58.3 Å². The predicted octanol–water partition coefficient (Wildman–Crippen LogP) is 8.20. The molecule has 0 bridgehead atoms. The molecular formula is C30H28N2O4S2. The van der Waals surface area contributed by atoms with E-state index < -0.39 is 0 Å². The first-order valence-electron chi connectivity index (χ1n) is 12.1. The van der Waals surface area contributed by atoms with Gasteiger partial charge in [-0.15, -0.1) is 0 Å². The minimum atomic E-state index is 0.0715. The molecule has 0 heterocycles. The number of aromatic hydroxyl groups is 2. The van der Waals surface area contributed by atoms with Crippen molar-refractivity contribution in [3.8, 4) is 23.0 Å². The van der Waals surface area contributed by atoms with Gasteiger partial charge in [-0.2, -0.15) is 0 Å².